The Morgan fingerprint density at radius 3 is 1.30 bits per heavy atom. The highest BCUT2D eigenvalue weighted by Gasteiger charge is 2.00. The van der Waals surface area contributed by atoms with E-state index >= 15 is 0 Å². The molecule has 2 rings (SSSR count). The first-order valence-corrected chi connectivity index (χ1v) is 10.5. The lowest BCUT2D eigenvalue weighted by Gasteiger charge is -2.05. The lowest BCUT2D eigenvalue weighted by atomic mass is 10.0. The minimum absolute atomic E-state index is 0.182. The van der Waals surface area contributed by atoms with Crippen LogP contribution in [0.15, 0.2) is 60.7 Å². The van der Waals surface area contributed by atoms with Crippen LogP contribution in [0.2, 0.25) is 0 Å². The van der Waals surface area contributed by atoms with Gasteiger partial charge >= 0.3 is 0 Å². The Hall–Kier alpha value is -3.14. The Bertz CT molecular complexity index is 801. The predicted octanol–water partition coefficient (Wildman–Crippen LogP) is 4.89. The van der Waals surface area contributed by atoms with Crippen molar-refractivity contribution < 1.29 is 9.59 Å². The molecule has 0 bridgehead atoms. The maximum Gasteiger partial charge on any atom is 0.244 e. The van der Waals surface area contributed by atoms with Gasteiger partial charge in [0.05, 0.1) is 0 Å². The van der Waals surface area contributed by atoms with E-state index in [1.807, 2.05) is 24.3 Å². The molecular formula is C26H32N2O2. The number of amides is 2. The van der Waals surface area contributed by atoms with Crippen LogP contribution in [0.4, 0.5) is 0 Å². The maximum absolute atomic E-state index is 11.9. The molecule has 2 aromatic rings. The van der Waals surface area contributed by atoms with Crippen molar-refractivity contribution in [2.45, 2.75) is 39.5 Å². The maximum atomic E-state index is 11.9. The van der Waals surface area contributed by atoms with Gasteiger partial charge in [0.15, 0.2) is 0 Å². The van der Waals surface area contributed by atoms with Gasteiger partial charge in [0.1, 0.15) is 0 Å². The SMILES string of the molecule is CC(C)c1ccc(C=CC(=O)NCCNC(=O)C=Cc2ccc(C(C)C)cc2)cc1. The van der Waals surface area contributed by atoms with Crippen LogP contribution >= 0.6 is 0 Å². The zero-order valence-electron chi connectivity index (χ0n) is 18.3. The van der Waals surface area contributed by atoms with Crippen molar-refractivity contribution in [3.8, 4) is 0 Å². The van der Waals surface area contributed by atoms with E-state index in [0.717, 1.165) is 11.1 Å². The van der Waals surface area contributed by atoms with E-state index in [0.29, 0.717) is 24.9 Å². The summed E-state index contributed by atoms with van der Waals surface area (Å²) in [7, 11) is 0. The summed E-state index contributed by atoms with van der Waals surface area (Å²) in [6.07, 6.45) is 6.58. The minimum atomic E-state index is -0.182. The van der Waals surface area contributed by atoms with Gasteiger partial charge in [-0.15, -0.1) is 0 Å². The lowest BCUT2D eigenvalue weighted by Crippen LogP contribution is -2.33. The van der Waals surface area contributed by atoms with E-state index in [2.05, 4.69) is 62.6 Å². The van der Waals surface area contributed by atoms with Gasteiger partial charge in [0.2, 0.25) is 11.8 Å². The molecule has 2 amide bonds. The third-order valence-electron chi connectivity index (χ3n) is 4.78. The first kappa shape index (κ1) is 23.1. The Labute approximate surface area is 180 Å². The van der Waals surface area contributed by atoms with Crippen molar-refractivity contribution in [2.24, 2.45) is 0 Å². The number of hydrogen-bond acceptors (Lipinski definition) is 2. The van der Waals surface area contributed by atoms with Crippen molar-refractivity contribution >= 4 is 24.0 Å². The quantitative estimate of drug-likeness (QED) is 0.462. The second-order valence-electron chi connectivity index (χ2n) is 7.89. The summed E-state index contributed by atoms with van der Waals surface area (Å²) in [5.41, 5.74) is 4.51. The molecule has 4 nitrogen and oxygen atoms in total. The van der Waals surface area contributed by atoms with Gasteiger partial charge in [0.25, 0.3) is 0 Å². The zero-order valence-corrected chi connectivity index (χ0v) is 18.3. The van der Waals surface area contributed by atoms with E-state index < -0.39 is 0 Å². The fraction of sp³-hybridized carbons (Fsp3) is 0.308. The van der Waals surface area contributed by atoms with Crippen molar-refractivity contribution in [3.63, 3.8) is 0 Å². The van der Waals surface area contributed by atoms with Crippen LogP contribution in [0.25, 0.3) is 12.2 Å². The molecule has 0 radical (unpaired) electrons. The van der Waals surface area contributed by atoms with Crippen LogP contribution in [0.3, 0.4) is 0 Å². The molecule has 0 saturated heterocycles. The highest BCUT2D eigenvalue weighted by atomic mass is 16.2. The van der Waals surface area contributed by atoms with Crippen molar-refractivity contribution in [2.75, 3.05) is 13.1 Å². The van der Waals surface area contributed by atoms with Gasteiger partial charge in [-0.25, -0.2) is 0 Å². The standard InChI is InChI=1S/C26H32N2O2/c1-19(2)23-11-5-21(6-12-23)9-15-25(29)27-17-18-28-26(30)16-10-22-7-13-24(14-8-22)20(3)4/h5-16,19-20H,17-18H2,1-4H3,(H,27,29)(H,28,30). The van der Waals surface area contributed by atoms with Gasteiger partial charge < -0.3 is 10.6 Å². The first-order valence-electron chi connectivity index (χ1n) is 10.5. The molecule has 0 atom stereocenters. The average Bonchev–Trinajstić information content (AvgIpc) is 2.74. The summed E-state index contributed by atoms with van der Waals surface area (Å²) in [6.45, 7) is 9.35. The summed E-state index contributed by atoms with van der Waals surface area (Å²) >= 11 is 0. The number of hydrogen-bond donors (Lipinski definition) is 2. The molecule has 0 aliphatic carbocycles. The molecule has 4 heteroatoms. The molecule has 0 aromatic heterocycles. The largest absolute Gasteiger partial charge is 0.351 e. The number of carbonyl (C=O) groups excluding carboxylic acids is 2. The molecule has 2 N–H and O–H groups in total. The lowest BCUT2D eigenvalue weighted by molar-refractivity contribution is -0.118. The zero-order chi connectivity index (χ0) is 21.9. The smallest absolute Gasteiger partial charge is 0.244 e. The van der Waals surface area contributed by atoms with E-state index in [1.165, 1.54) is 23.3 Å². The summed E-state index contributed by atoms with van der Waals surface area (Å²) in [4.78, 5) is 23.8. The molecule has 0 spiro atoms. The second kappa shape index (κ2) is 11.8. The van der Waals surface area contributed by atoms with Crippen molar-refractivity contribution in [1.82, 2.24) is 10.6 Å². The molecule has 0 unspecified atom stereocenters. The van der Waals surface area contributed by atoms with Crippen molar-refractivity contribution in [3.05, 3.63) is 82.9 Å². The Kier molecular flexibility index (Phi) is 9.07. The Morgan fingerprint density at radius 1 is 0.667 bits per heavy atom. The van der Waals surface area contributed by atoms with Gasteiger partial charge in [-0.3, -0.25) is 9.59 Å². The number of nitrogens with one attached hydrogen (secondary N) is 2. The van der Waals surface area contributed by atoms with Crippen LogP contribution < -0.4 is 10.6 Å². The van der Waals surface area contributed by atoms with Gasteiger partial charge in [0, 0.05) is 25.2 Å². The van der Waals surface area contributed by atoms with Gasteiger partial charge in [-0.05, 0) is 46.2 Å². The molecule has 2 aromatic carbocycles. The van der Waals surface area contributed by atoms with Crippen LogP contribution in [0, 0.1) is 0 Å². The fourth-order valence-corrected chi connectivity index (χ4v) is 2.82. The summed E-state index contributed by atoms with van der Waals surface area (Å²) in [6, 6.07) is 16.3. The summed E-state index contributed by atoms with van der Waals surface area (Å²) in [5.74, 6) is 0.611. The average molecular weight is 405 g/mol. The molecular weight excluding hydrogens is 372 g/mol. The minimum Gasteiger partial charge on any atom is -0.351 e. The van der Waals surface area contributed by atoms with Crippen molar-refractivity contribution in [1.29, 1.82) is 0 Å². The molecule has 0 saturated carbocycles. The third kappa shape index (κ3) is 8.08. The Balaban J connectivity index is 1.68. The highest BCUT2D eigenvalue weighted by Crippen LogP contribution is 2.16. The molecule has 158 valence electrons. The van der Waals surface area contributed by atoms with Gasteiger partial charge in [-0.2, -0.15) is 0 Å². The number of rotatable bonds is 9. The first-order chi connectivity index (χ1) is 14.3. The number of carbonyl (C=O) groups is 2. The normalized spacial score (nSPS) is 11.5. The van der Waals surface area contributed by atoms with Crippen LogP contribution in [0.5, 0.6) is 0 Å². The predicted molar refractivity (Wildman–Crippen MR) is 125 cm³/mol. The monoisotopic (exact) mass is 404 g/mol. The topological polar surface area (TPSA) is 58.2 Å². The molecule has 0 aliphatic rings. The van der Waals surface area contributed by atoms with Crippen LogP contribution in [-0.4, -0.2) is 24.9 Å². The van der Waals surface area contributed by atoms with E-state index in [4.69, 9.17) is 0 Å². The van der Waals surface area contributed by atoms with Crippen LogP contribution in [0.1, 0.15) is 61.8 Å². The van der Waals surface area contributed by atoms with E-state index in [9.17, 15) is 9.59 Å². The molecule has 0 aliphatic heterocycles. The van der Waals surface area contributed by atoms with Gasteiger partial charge in [-0.1, -0.05) is 76.2 Å². The van der Waals surface area contributed by atoms with E-state index in [1.54, 1.807) is 12.2 Å². The summed E-state index contributed by atoms with van der Waals surface area (Å²) < 4.78 is 0. The Morgan fingerprint density at radius 2 is 1.00 bits per heavy atom. The molecule has 0 heterocycles. The second-order valence-corrected chi connectivity index (χ2v) is 7.89. The highest BCUT2D eigenvalue weighted by molar-refractivity contribution is 5.92. The van der Waals surface area contributed by atoms with Crippen LogP contribution in [-0.2, 0) is 9.59 Å². The third-order valence-corrected chi connectivity index (χ3v) is 4.78. The van der Waals surface area contributed by atoms with E-state index in [-0.39, 0.29) is 11.8 Å². The summed E-state index contributed by atoms with van der Waals surface area (Å²) in [5, 5.41) is 5.53. The molecule has 30 heavy (non-hydrogen) atoms. The number of benzene rings is 2. The molecule has 0 fully saturated rings. The fourth-order valence-electron chi connectivity index (χ4n) is 2.82.